The minimum absolute atomic E-state index is 0.154. The fraction of sp³-hybridized carbons (Fsp3) is 0.350. The predicted molar refractivity (Wildman–Crippen MR) is 97.6 cm³/mol. The van der Waals surface area contributed by atoms with Crippen LogP contribution in [0.1, 0.15) is 36.0 Å². The molecule has 0 saturated carbocycles. The molecule has 6 nitrogen and oxygen atoms in total. The van der Waals surface area contributed by atoms with E-state index in [0.717, 1.165) is 42.9 Å². The number of aromatic nitrogens is 3. The summed E-state index contributed by atoms with van der Waals surface area (Å²) in [6, 6.07) is 12.2. The third-order valence-corrected chi connectivity index (χ3v) is 4.77. The van der Waals surface area contributed by atoms with E-state index in [1.54, 1.807) is 13.3 Å². The summed E-state index contributed by atoms with van der Waals surface area (Å²) in [6.07, 6.45) is 3.92. The zero-order valence-electron chi connectivity index (χ0n) is 15.1. The van der Waals surface area contributed by atoms with Gasteiger partial charge in [0.25, 0.3) is 0 Å². The quantitative estimate of drug-likeness (QED) is 0.698. The zero-order valence-corrected chi connectivity index (χ0v) is 15.1. The molecule has 3 heterocycles. The van der Waals surface area contributed by atoms with E-state index in [4.69, 9.17) is 9.15 Å². The summed E-state index contributed by atoms with van der Waals surface area (Å²) in [4.78, 5) is 6.69. The van der Waals surface area contributed by atoms with E-state index >= 15 is 0 Å². The van der Waals surface area contributed by atoms with Gasteiger partial charge in [-0.05, 0) is 56.1 Å². The highest BCUT2D eigenvalue weighted by Crippen LogP contribution is 2.34. The molecule has 0 amide bonds. The molecular weight excluding hydrogens is 328 g/mol. The molecule has 0 radical (unpaired) electrons. The van der Waals surface area contributed by atoms with Gasteiger partial charge in [0.05, 0.1) is 18.7 Å². The highest BCUT2D eigenvalue weighted by molar-refractivity contribution is 5.50. The Balaban J connectivity index is 1.52. The van der Waals surface area contributed by atoms with E-state index in [1.807, 2.05) is 31.2 Å². The molecule has 0 spiro atoms. The first-order chi connectivity index (χ1) is 12.7. The van der Waals surface area contributed by atoms with Crippen LogP contribution in [0.4, 0.5) is 0 Å². The normalized spacial score (nSPS) is 17.5. The maximum Gasteiger partial charge on any atom is 0.249 e. The molecule has 3 aromatic rings. The highest BCUT2D eigenvalue weighted by atomic mass is 16.5. The molecule has 26 heavy (non-hydrogen) atoms. The van der Waals surface area contributed by atoms with E-state index in [-0.39, 0.29) is 6.04 Å². The molecule has 1 aliphatic rings. The van der Waals surface area contributed by atoms with Crippen molar-refractivity contribution in [3.05, 3.63) is 59.7 Å². The number of pyridine rings is 1. The van der Waals surface area contributed by atoms with Crippen molar-refractivity contribution in [1.29, 1.82) is 0 Å². The Morgan fingerprint density at radius 1 is 1.23 bits per heavy atom. The molecule has 6 heteroatoms. The van der Waals surface area contributed by atoms with E-state index < -0.39 is 0 Å². The van der Waals surface area contributed by atoms with Gasteiger partial charge < -0.3 is 9.15 Å². The fourth-order valence-corrected chi connectivity index (χ4v) is 3.38. The smallest absolute Gasteiger partial charge is 0.249 e. The Labute approximate surface area is 152 Å². The maximum atomic E-state index is 5.98. The van der Waals surface area contributed by atoms with Crippen LogP contribution in [0.2, 0.25) is 0 Å². The lowest BCUT2D eigenvalue weighted by atomic mass is 10.1. The van der Waals surface area contributed by atoms with E-state index in [0.29, 0.717) is 11.8 Å². The first kappa shape index (κ1) is 16.7. The Hall–Kier alpha value is -2.73. The summed E-state index contributed by atoms with van der Waals surface area (Å²) >= 11 is 0. The number of nitrogens with zero attached hydrogens (tertiary/aromatic N) is 4. The van der Waals surface area contributed by atoms with Gasteiger partial charge in [0.1, 0.15) is 5.75 Å². The van der Waals surface area contributed by atoms with Crippen LogP contribution in [-0.2, 0) is 6.54 Å². The van der Waals surface area contributed by atoms with Crippen molar-refractivity contribution in [2.75, 3.05) is 13.7 Å². The molecule has 1 atom stereocenters. The Morgan fingerprint density at radius 3 is 2.96 bits per heavy atom. The second-order valence-electron chi connectivity index (χ2n) is 6.61. The summed E-state index contributed by atoms with van der Waals surface area (Å²) in [5.41, 5.74) is 3.04. The average Bonchev–Trinajstić information content (AvgIpc) is 3.32. The molecule has 1 saturated heterocycles. The Morgan fingerprint density at radius 2 is 2.15 bits per heavy atom. The van der Waals surface area contributed by atoms with Crippen LogP contribution in [-0.4, -0.2) is 33.7 Å². The Bertz CT molecular complexity index is 876. The SMILES string of the molecule is COc1cccc(CN2CCCC2c2nnc(-c3ccc(C)nc3)o2)c1. The van der Waals surface area contributed by atoms with Crippen molar-refractivity contribution in [2.24, 2.45) is 0 Å². The first-order valence-electron chi connectivity index (χ1n) is 8.86. The summed E-state index contributed by atoms with van der Waals surface area (Å²) in [5, 5.41) is 8.54. The summed E-state index contributed by atoms with van der Waals surface area (Å²) < 4.78 is 11.3. The second kappa shape index (κ2) is 7.25. The molecule has 0 bridgehead atoms. The number of benzene rings is 1. The molecule has 1 fully saturated rings. The zero-order chi connectivity index (χ0) is 17.9. The van der Waals surface area contributed by atoms with Gasteiger partial charge in [0, 0.05) is 18.4 Å². The lowest BCUT2D eigenvalue weighted by Crippen LogP contribution is -2.23. The van der Waals surface area contributed by atoms with Crippen molar-refractivity contribution in [1.82, 2.24) is 20.1 Å². The minimum Gasteiger partial charge on any atom is -0.497 e. The molecule has 1 aliphatic heterocycles. The summed E-state index contributed by atoms with van der Waals surface area (Å²) in [5.74, 6) is 2.09. The van der Waals surface area contributed by atoms with Crippen LogP contribution < -0.4 is 4.74 Å². The van der Waals surface area contributed by atoms with Crippen LogP contribution in [0.25, 0.3) is 11.5 Å². The van der Waals surface area contributed by atoms with Gasteiger partial charge in [-0.3, -0.25) is 9.88 Å². The van der Waals surface area contributed by atoms with Crippen LogP contribution in [0.15, 0.2) is 47.0 Å². The number of hydrogen-bond acceptors (Lipinski definition) is 6. The third kappa shape index (κ3) is 3.46. The lowest BCUT2D eigenvalue weighted by molar-refractivity contribution is 0.215. The largest absolute Gasteiger partial charge is 0.497 e. The number of ether oxygens (including phenoxy) is 1. The van der Waals surface area contributed by atoms with Crippen LogP contribution >= 0.6 is 0 Å². The van der Waals surface area contributed by atoms with Gasteiger partial charge in [-0.2, -0.15) is 0 Å². The molecule has 4 rings (SSSR count). The van der Waals surface area contributed by atoms with Crippen LogP contribution in [0.3, 0.4) is 0 Å². The minimum atomic E-state index is 0.154. The summed E-state index contributed by atoms with van der Waals surface area (Å²) in [6.45, 7) is 3.81. The lowest BCUT2D eigenvalue weighted by Gasteiger charge is -2.21. The number of aryl methyl sites for hydroxylation is 1. The monoisotopic (exact) mass is 350 g/mol. The van der Waals surface area contributed by atoms with Gasteiger partial charge in [-0.15, -0.1) is 10.2 Å². The standard InChI is InChI=1S/C20H22N4O2/c1-14-8-9-16(12-21-14)19-22-23-20(26-19)18-7-4-10-24(18)13-15-5-3-6-17(11-15)25-2/h3,5-6,8-9,11-12,18H,4,7,10,13H2,1-2H3. The molecule has 2 aromatic heterocycles. The van der Waals surface area contributed by atoms with E-state index in [9.17, 15) is 0 Å². The van der Waals surface area contributed by atoms with Crippen molar-refractivity contribution in [3.63, 3.8) is 0 Å². The fourth-order valence-electron chi connectivity index (χ4n) is 3.38. The third-order valence-electron chi connectivity index (χ3n) is 4.77. The van der Waals surface area contributed by atoms with Crippen molar-refractivity contribution in [3.8, 4) is 17.2 Å². The van der Waals surface area contributed by atoms with Gasteiger partial charge in [0.2, 0.25) is 11.8 Å². The number of hydrogen-bond donors (Lipinski definition) is 0. The van der Waals surface area contributed by atoms with E-state index in [2.05, 4.69) is 32.2 Å². The van der Waals surface area contributed by atoms with E-state index in [1.165, 1.54) is 5.56 Å². The van der Waals surface area contributed by atoms with Crippen molar-refractivity contribution < 1.29 is 9.15 Å². The second-order valence-corrected chi connectivity index (χ2v) is 6.61. The topological polar surface area (TPSA) is 64.3 Å². The molecule has 1 aromatic carbocycles. The van der Waals surface area contributed by atoms with Crippen molar-refractivity contribution in [2.45, 2.75) is 32.4 Å². The number of rotatable bonds is 5. The molecule has 0 N–H and O–H groups in total. The van der Waals surface area contributed by atoms with Crippen LogP contribution in [0.5, 0.6) is 5.75 Å². The highest BCUT2D eigenvalue weighted by Gasteiger charge is 2.30. The van der Waals surface area contributed by atoms with Gasteiger partial charge in [0.15, 0.2) is 0 Å². The van der Waals surface area contributed by atoms with Crippen LogP contribution in [0, 0.1) is 6.92 Å². The van der Waals surface area contributed by atoms with Gasteiger partial charge in [-0.1, -0.05) is 12.1 Å². The predicted octanol–water partition coefficient (Wildman–Crippen LogP) is 3.79. The molecule has 1 unspecified atom stereocenters. The Kier molecular flexibility index (Phi) is 4.67. The average molecular weight is 350 g/mol. The molecule has 134 valence electrons. The number of likely N-dealkylation sites (tertiary alicyclic amines) is 1. The van der Waals surface area contributed by atoms with Crippen molar-refractivity contribution >= 4 is 0 Å². The number of methoxy groups -OCH3 is 1. The summed E-state index contributed by atoms with van der Waals surface area (Å²) in [7, 11) is 1.69. The van der Waals surface area contributed by atoms with Gasteiger partial charge in [-0.25, -0.2) is 0 Å². The first-order valence-corrected chi connectivity index (χ1v) is 8.86. The maximum absolute atomic E-state index is 5.98. The molecular formula is C20H22N4O2. The molecule has 0 aliphatic carbocycles. The van der Waals surface area contributed by atoms with Gasteiger partial charge >= 0.3 is 0 Å².